The molecule has 0 spiro atoms. The molecular weight excluding hydrogens is 395 g/mol. The van der Waals surface area contributed by atoms with Crippen LogP contribution in [0.1, 0.15) is 12.5 Å². The quantitative estimate of drug-likeness (QED) is 0.572. The van der Waals surface area contributed by atoms with E-state index in [1.807, 2.05) is 0 Å². The van der Waals surface area contributed by atoms with Gasteiger partial charge in [0.15, 0.2) is 5.92 Å². The number of aliphatic carboxylic acids is 1. The number of allylic oxidation sites excluding steroid dienone is 1. The van der Waals surface area contributed by atoms with Crippen molar-refractivity contribution in [2.24, 2.45) is 5.92 Å². The number of aliphatic hydroxyl groups excluding tert-OH is 1. The third-order valence-corrected chi connectivity index (χ3v) is 4.38. The summed E-state index contributed by atoms with van der Waals surface area (Å²) in [6.45, 7) is 1.08. The molecule has 0 aromatic heterocycles. The minimum atomic E-state index is -4.61. The van der Waals surface area contributed by atoms with Gasteiger partial charge >= 0.3 is 12.1 Å². The molecule has 7 nitrogen and oxygen atoms in total. The standard InChI is InChI=1S/C16H13ClF3NO6/c1-8(22)15(21(25)26)5-4-10(7-11(15)14(23)24)27-13-3-2-9(6-12(13)17)16(18,19)20/h2-8,11,22H,1H3,(H,23,24). The topological polar surface area (TPSA) is 110 Å². The maximum absolute atomic E-state index is 12.7. The van der Waals surface area contributed by atoms with E-state index in [-0.39, 0.29) is 16.5 Å². The normalized spacial score (nSPS) is 23.5. The first-order chi connectivity index (χ1) is 12.4. The SMILES string of the molecule is CC(O)C1([N+](=O)[O-])C=CC(Oc2ccc(C(F)(F)F)cc2Cl)=CC1C(=O)O. The number of rotatable bonds is 5. The van der Waals surface area contributed by atoms with Gasteiger partial charge in [0.2, 0.25) is 0 Å². The van der Waals surface area contributed by atoms with Gasteiger partial charge in [0.1, 0.15) is 17.6 Å². The van der Waals surface area contributed by atoms with Gasteiger partial charge in [-0.3, -0.25) is 14.9 Å². The predicted molar refractivity (Wildman–Crippen MR) is 86.8 cm³/mol. The van der Waals surface area contributed by atoms with Crippen LogP contribution in [0.15, 0.2) is 42.2 Å². The van der Waals surface area contributed by atoms with E-state index in [1.165, 1.54) is 0 Å². The van der Waals surface area contributed by atoms with Crippen LogP contribution in [-0.4, -0.2) is 32.7 Å². The van der Waals surface area contributed by atoms with Crippen LogP contribution < -0.4 is 4.74 Å². The van der Waals surface area contributed by atoms with Crippen molar-refractivity contribution in [1.29, 1.82) is 0 Å². The van der Waals surface area contributed by atoms with Gasteiger partial charge in [-0.05, 0) is 43.4 Å². The molecule has 2 N–H and O–H groups in total. The van der Waals surface area contributed by atoms with Gasteiger partial charge in [0, 0.05) is 4.92 Å². The van der Waals surface area contributed by atoms with Crippen LogP contribution in [0.2, 0.25) is 5.02 Å². The van der Waals surface area contributed by atoms with Gasteiger partial charge in [0.05, 0.1) is 10.6 Å². The molecule has 3 atom stereocenters. The lowest BCUT2D eigenvalue weighted by molar-refractivity contribution is -0.572. The summed E-state index contributed by atoms with van der Waals surface area (Å²) in [5.74, 6) is -3.74. The number of alkyl halides is 3. The van der Waals surface area contributed by atoms with E-state index in [2.05, 4.69) is 0 Å². The van der Waals surface area contributed by atoms with Crippen molar-refractivity contribution < 1.29 is 37.8 Å². The van der Waals surface area contributed by atoms with Crippen LogP contribution in [0.25, 0.3) is 0 Å². The Kier molecular flexibility index (Phi) is 5.52. The zero-order valence-corrected chi connectivity index (χ0v) is 14.4. The van der Waals surface area contributed by atoms with E-state index >= 15 is 0 Å². The smallest absolute Gasteiger partial charge is 0.416 e. The minimum absolute atomic E-state index is 0.179. The summed E-state index contributed by atoms with van der Waals surface area (Å²) < 4.78 is 43.3. The van der Waals surface area contributed by atoms with Gasteiger partial charge in [-0.1, -0.05) is 11.6 Å². The minimum Gasteiger partial charge on any atom is -0.481 e. The molecule has 0 radical (unpaired) electrons. The fraction of sp³-hybridized carbons (Fsp3) is 0.312. The average Bonchev–Trinajstić information content (AvgIpc) is 2.55. The Labute approximate surface area is 155 Å². The molecule has 0 bridgehead atoms. The molecule has 146 valence electrons. The van der Waals surface area contributed by atoms with E-state index in [9.17, 15) is 38.3 Å². The Bertz CT molecular complexity index is 836. The lowest BCUT2D eigenvalue weighted by atomic mass is 9.77. The first-order valence-electron chi connectivity index (χ1n) is 7.40. The summed E-state index contributed by atoms with van der Waals surface area (Å²) in [7, 11) is 0. The van der Waals surface area contributed by atoms with Crippen molar-refractivity contribution in [3.63, 3.8) is 0 Å². The van der Waals surface area contributed by atoms with Crippen molar-refractivity contribution in [3.05, 3.63) is 62.9 Å². The molecule has 0 saturated carbocycles. The third kappa shape index (κ3) is 3.91. The second-order valence-electron chi connectivity index (χ2n) is 5.78. The fourth-order valence-electron chi connectivity index (χ4n) is 2.62. The van der Waals surface area contributed by atoms with Crippen molar-refractivity contribution in [2.75, 3.05) is 0 Å². The van der Waals surface area contributed by atoms with E-state index in [1.54, 1.807) is 0 Å². The molecule has 1 aromatic carbocycles. The molecule has 1 aliphatic carbocycles. The maximum Gasteiger partial charge on any atom is 0.416 e. The number of carboxylic acid groups (broad SMARTS) is 1. The van der Waals surface area contributed by atoms with Crippen LogP contribution in [0.4, 0.5) is 13.2 Å². The lowest BCUT2D eigenvalue weighted by Crippen LogP contribution is -2.55. The molecule has 0 aliphatic heterocycles. The molecule has 0 heterocycles. The Hall–Kier alpha value is -2.59. The summed E-state index contributed by atoms with van der Waals surface area (Å²) in [5.41, 5.74) is -3.32. The number of nitro groups is 1. The van der Waals surface area contributed by atoms with E-state index in [0.29, 0.717) is 6.07 Å². The number of benzene rings is 1. The van der Waals surface area contributed by atoms with Crippen molar-refractivity contribution in [1.82, 2.24) is 0 Å². The summed E-state index contributed by atoms with van der Waals surface area (Å²) in [6, 6.07) is 2.30. The number of halogens is 4. The molecule has 27 heavy (non-hydrogen) atoms. The Morgan fingerprint density at radius 2 is 2.07 bits per heavy atom. The molecule has 1 aromatic rings. The van der Waals surface area contributed by atoms with Crippen molar-refractivity contribution in [3.8, 4) is 5.75 Å². The number of nitrogens with zero attached hydrogens (tertiary/aromatic N) is 1. The summed E-state index contributed by atoms with van der Waals surface area (Å²) in [6.07, 6.45) is -3.42. The van der Waals surface area contributed by atoms with Crippen molar-refractivity contribution >= 4 is 17.6 Å². The summed E-state index contributed by atoms with van der Waals surface area (Å²) >= 11 is 5.77. The first kappa shape index (κ1) is 20.7. The zero-order chi connectivity index (χ0) is 20.6. The molecule has 0 amide bonds. The molecule has 11 heteroatoms. The van der Waals surface area contributed by atoms with Gasteiger partial charge in [-0.15, -0.1) is 0 Å². The van der Waals surface area contributed by atoms with Crippen LogP contribution in [0.5, 0.6) is 5.75 Å². The monoisotopic (exact) mass is 407 g/mol. The predicted octanol–water partition coefficient (Wildman–Crippen LogP) is 3.29. The number of ether oxygens (including phenoxy) is 1. The molecule has 3 unspecified atom stereocenters. The maximum atomic E-state index is 12.7. The average molecular weight is 408 g/mol. The Morgan fingerprint density at radius 3 is 2.52 bits per heavy atom. The molecule has 2 rings (SSSR count). The fourth-order valence-corrected chi connectivity index (χ4v) is 2.84. The number of hydrogen-bond donors (Lipinski definition) is 2. The van der Waals surface area contributed by atoms with Gasteiger partial charge in [0.25, 0.3) is 5.54 Å². The molecule has 0 fully saturated rings. The van der Waals surface area contributed by atoms with E-state index < -0.39 is 40.2 Å². The number of carboxylic acids is 1. The van der Waals surface area contributed by atoms with Gasteiger partial charge in [-0.2, -0.15) is 13.2 Å². The number of carbonyl (C=O) groups is 1. The van der Waals surface area contributed by atoms with E-state index in [4.69, 9.17) is 16.3 Å². The molecular formula is C16H13ClF3NO6. The highest BCUT2D eigenvalue weighted by Gasteiger charge is 2.57. The second-order valence-corrected chi connectivity index (χ2v) is 6.19. The molecule has 0 saturated heterocycles. The Morgan fingerprint density at radius 1 is 1.44 bits per heavy atom. The first-order valence-corrected chi connectivity index (χ1v) is 7.78. The number of aliphatic hydroxyl groups is 1. The Balaban J connectivity index is 2.38. The van der Waals surface area contributed by atoms with Gasteiger partial charge in [-0.25, -0.2) is 0 Å². The molecule has 1 aliphatic rings. The van der Waals surface area contributed by atoms with Gasteiger partial charge < -0.3 is 14.9 Å². The highest BCUT2D eigenvalue weighted by atomic mass is 35.5. The highest BCUT2D eigenvalue weighted by molar-refractivity contribution is 6.32. The van der Waals surface area contributed by atoms with Crippen LogP contribution in [-0.2, 0) is 11.0 Å². The van der Waals surface area contributed by atoms with E-state index in [0.717, 1.165) is 37.3 Å². The van der Waals surface area contributed by atoms with Crippen molar-refractivity contribution in [2.45, 2.75) is 24.7 Å². The second kappa shape index (κ2) is 7.20. The van der Waals surface area contributed by atoms with Crippen LogP contribution in [0, 0.1) is 16.0 Å². The third-order valence-electron chi connectivity index (χ3n) is 4.08. The largest absolute Gasteiger partial charge is 0.481 e. The summed E-state index contributed by atoms with van der Waals surface area (Å²) in [5, 5.41) is 30.2. The lowest BCUT2D eigenvalue weighted by Gasteiger charge is -2.31. The zero-order valence-electron chi connectivity index (χ0n) is 13.6. The summed E-state index contributed by atoms with van der Waals surface area (Å²) in [4.78, 5) is 22.0. The van der Waals surface area contributed by atoms with Crippen LogP contribution >= 0.6 is 11.6 Å². The number of hydrogen-bond acceptors (Lipinski definition) is 5. The van der Waals surface area contributed by atoms with Crippen LogP contribution in [0.3, 0.4) is 0 Å². The highest BCUT2D eigenvalue weighted by Crippen LogP contribution is 2.38.